The summed E-state index contributed by atoms with van der Waals surface area (Å²) in [5.74, 6) is 0. The van der Waals surface area contributed by atoms with Crippen molar-refractivity contribution in [2.45, 2.75) is 20.0 Å². The molecule has 1 aromatic rings. The summed E-state index contributed by atoms with van der Waals surface area (Å²) in [6.45, 7) is 0.573. The van der Waals surface area contributed by atoms with E-state index in [4.69, 9.17) is 0 Å². The Bertz CT molecular complexity index is 273. The Hall–Kier alpha value is -1.06. The summed E-state index contributed by atoms with van der Waals surface area (Å²) in [5, 5.41) is 0. The van der Waals surface area contributed by atoms with Crippen LogP contribution >= 0.6 is 0 Å². The highest BCUT2D eigenvalue weighted by Gasteiger charge is 2.15. The molecule has 1 rings (SSSR count). The van der Waals surface area contributed by atoms with Gasteiger partial charge in [0.2, 0.25) is 0 Å². The van der Waals surface area contributed by atoms with E-state index < -0.39 is 13.1 Å². The minimum atomic E-state index is -2.65. The molecule has 0 radical (unpaired) electrons. The number of aromatic nitrogens is 1. The number of rotatable bonds is 2. The molecule has 0 aliphatic carbocycles. The van der Waals surface area contributed by atoms with Gasteiger partial charge in [0.1, 0.15) is 6.67 Å². The first-order chi connectivity index (χ1) is 5.66. The van der Waals surface area contributed by atoms with Crippen LogP contribution in [-0.2, 0) is 6.67 Å². The molecule has 1 nitrogen and oxygen atoms in total. The largest absolute Gasteiger partial charge is 0.265 e. The van der Waals surface area contributed by atoms with Crippen molar-refractivity contribution in [2.75, 3.05) is 0 Å². The van der Waals surface area contributed by atoms with E-state index in [9.17, 15) is 13.2 Å². The van der Waals surface area contributed by atoms with Crippen LogP contribution in [0.3, 0.4) is 0 Å². The molecule has 0 atom stereocenters. The molecule has 0 aromatic carbocycles. The second kappa shape index (κ2) is 3.56. The lowest BCUT2D eigenvalue weighted by Crippen LogP contribution is -1.98. The third-order valence-electron chi connectivity index (χ3n) is 1.64. The zero-order chi connectivity index (χ0) is 9.14. The summed E-state index contributed by atoms with van der Waals surface area (Å²) < 4.78 is 36.7. The molecule has 12 heavy (non-hydrogen) atoms. The second-order valence-electron chi connectivity index (χ2n) is 2.42. The first-order valence-corrected chi connectivity index (χ1v) is 3.45. The third-order valence-corrected chi connectivity index (χ3v) is 1.64. The Kier molecular flexibility index (Phi) is 2.68. The van der Waals surface area contributed by atoms with Gasteiger partial charge in [-0.2, -0.15) is 0 Å². The Morgan fingerprint density at radius 2 is 2.17 bits per heavy atom. The lowest BCUT2D eigenvalue weighted by Gasteiger charge is -2.06. The zero-order valence-electron chi connectivity index (χ0n) is 6.52. The van der Waals surface area contributed by atoms with Crippen molar-refractivity contribution < 1.29 is 13.2 Å². The summed E-state index contributed by atoms with van der Waals surface area (Å²) in [7, 11) is 0. The summed E-state index contributed by atoms with van der Waals surface area (Å²) >= 11 is 0. The van der Waals surface area contributed by atoms with Gasteiger partial charge in [0, 0.05) is 11.8 Å². The predicted octanol–water partition coefficient (Wildman–Crippen LogP) is 2.80. The second-order valence-corrected chi connectivity index (χ2v) is 2.42. The number of halogens is 3. The van der Waals surface area contributed by atoms with Crippen molar-refractivity contribution in [3.63, 3.8) is 0 Å². The maximum Gasteiger partial charge on any atom is 0.265 e. The molecule has 0 N–H and O–H groups in total. The number of aryl methyl sites for hydroxylation is 1. The van der Waals surface area contributed by atoms with Gasteiger partial charge < -0.3 is 0 Å². The molecule has 0 saturated carbocycles. The number of hydrogen-bond donors (Lipinski definition) is 0. The van der Waals surface area contributed by atoms with Gasteiger partial charge in [0.25, 0.3) is 6.43 Å². The van der Waals surface area contributed by atoms with Gasteiger partial charge in [0.15, 0.2) is 0 Å². The fraction of sp³-hybridized carbons (Fsp3) is 0.375. The summed E-state index contributed by atoms with van der Waals surface area (Å²) in [6.07, 6.45) is -1.32. The third kappa shape index (κ3) is 1.57. The minimum absolute atomic E-state index is 0.162. The van der Waals surface area contributed by atoms with Crippen LogP contribution in [0.25, 0.3) is 0 Å². The standard InChI is InChI=1S/C8H8F3N/c1-5-2-3-12-6(4-9)7(5)8(10)11/h2-3,8H,4H2,1H3. The van der Waals surface area contributed by atoms with Crippen LogP contribution in [0, 0.1) is 6.92 Å². The summed E-state index contributed by atoms with van der Waals surface area (Å²) in [4.78, 5) is 3.52. The zero-order valence-corrected chi connectivity index (χ0v) is 6.52. The van der Waals surface area contributed by atoms with Crippen molar-refractivity contribution in [3.05, 3.63) is 29.1 Å². The van der Waals surface area contributed by atoms with Crippen LogP contribution in [0.5, 0.6) is 0 Å². The van der Waals surface area contributed by atoms with Crippen LogP contribution in [0.2, 0.25) is 0 Å². The quantitative estimate of drug-likeness (QED) is 0.673. The first kappa shape index (κ1) is 9.03. The van der Waals surface area contributed by atoms with Crippen molar-refractivity contribution in [2.24, 2.45) is 0 Å². The van der Waals surface area contributed by atoms with Crippen LogP contribution in [0.15, 0.2) is 12.3 Å². The van der Waals surface area contributed by atoms with Crippen molar-refractivity contribution >= 4 is 0 Å². The molecule has 0 unspecified atom stereocenters. The van der Waals surface area contributed by atoms with E-state index in [0.717, 1.165) is 0 Å². The monoisotopic (exact) mass is 175 g/mol. The molecule has 0 spiro atoms. The molecule has 0 saturated heterocycles. The number of alkyl halides is 3. The van der Waals surface area contributed by atoms with Crippen molar-refractivity contribution in [3.8, 4) is 0 Å². The van der Waals surface area contributed by atoms with E-state index in [0.29, 0.717) is 5.56 Å². The average Bonchev–Trinajstić information content (AvgIpc) is 2.03. The SMILES string of the molecule is Cc1ccnc(CF)c1C(F)F. The average molecular weight is 175 g/mol. The van der Waals surface area contributed by atoms with E-state index in [1.54, 1.807) is 0 Å². The molecular formula is C8H8F3N. The molecule has 0 fully saturated rings. The molecule has 0 aliphatic rings. The van der Waals surface area contributed by atoms with Gasteiger partial charge in [-0.15, -0.1) is 0 Å². The van der Waals surface area contributed by atoms with E-state index in [2.05, 4.69) is 4.98 Å². The topological polar surface area (TPSA) is 12.9 Å². The maximum atomic E-state index is 12.3. The molecule has 0 bridgehead atoms. The van der Waals surface area contributed by atoms with E-state index >= 15 is 0 Å². The predicted molar refractivity (Wildman–Crippen MR) is 38.7 cm³/mol. The molecular weight excluding hydrogens is 167 g/mol. The van der Waals surface area contributed by atoms with E-state index in [1.165, 1.54) is 19.2 Å². The Balaban J connectivity index is 3.20. The fourth-order valence-corrected chi connectivity index (χ4v) is 1.03. The van der Waals surface area contributed by atoms with Crippen LogP contribution < -0.4 is 0 Å². The summed E-state index contributed by atoms with van der Waals surface area (Å²) in [5.41, 5.74) is -0.0577. The molecule has 66 valence electrons. The lowest BCUT2D eigenvalue weighted by molar-refractivity contribution is 0.147. The maximum absolute atomic E-state index is 12.3. The van der Waals surface area contributed by atoms with Gasteiger partial charge in [-0.05, 0) is 18.6 Å². The number of pyridine rings is 1. The van der Waals surface area contributed by atoms with Crippen LogP contribution in [0.4, 0.5) is 13.2 Å². The fourth-order valence-electron chi connectivity index (χ4n) is 1.03. The Morgan fingerprint density at radius 1 is 1.50 bits per heavy atom. The van der Waals surface area contributed by atoms with Gasteiger partial charge in [-0.1, -0.05) is 0 Å². The van der Waals surface area contributed by atoms with Crippen LogP contribution in [-0.4, -0.2) is 4.98 Å². The van der Waals surface area contributed by atoms with Crippen LogP contribution in [0.1, 0.15) is 23.2 Å². The van der Waals surface area contributed by atoms with Gasteiger partial charge in [-0.3, -0.25) is 4.98 Å². The molecule has 0 aliphatic heterocycles. The van der Waals surface area contributed by atoms with Gasteiger partial charge in [-0.25, -0.2) is 13.2 Å². The lowest BCUT2D eigenvalue weighted by atomic mass is 10.1. The first-order valence-electron chi connectivity index (χ1n) is 3.45. The van der Waals surface area contributed by atoms with Crippen molar-refractivity contribution in [1.82, 2.24) is 4.98 Å². The molecule has 1 heterocycles. The smallest absolute Gasteiger partial charge is 0.258 e. The molecule has 4 heteroatoms. The molecule has 1 aromatic heterocycles. The van der Waals surface area contributed by atoms with E-state index in [-0.39, 0.29) is 11.3 Å². The number of nitrogens with zero attached hydrogens (tertiary/aromatic N) is 1. The van der Waals surface area contributed by atoms with E-state index in [1.807, 2.05) is 0 Å². The highest BCUT2D eigenvalue weighted by atomic mass is 19.3. The normalized spacial score (nSPS) is 10.8. The Labute approximate surface area is 68.2 Å². The summed E-state index contributed by atoms with van der Waals surface area (Å²) in [6, 6.07) is 1.45. The van der Waals surface area contributed by atoms with Gasteiger partial charge >= 0.3 is 0 Å². The highest BCUT2D eigenvalue weighted by Crippen LogP contribution is 2.25. The Morgan fingerprint density at radius 3 is 2.58 bits per heavy atom. The number of hydrogen-bond acceptors (Lipinski definition) is 1. The van der Waals surface area contributed by atoms with Crippen molar-refractivity contribution in [1.29, 1.82) is 0 Å². The van der Waals surface area contributed by atoms with Gasteiger partial charge in [0.05, 0.1) is 5.69 Å². The highest BCUT2D eigenvalue weighted by molar-refractivity contribution is 5.29. The minimum Gasteiger partial charge on any atom is -0.258 e. The molecule has 0 amide bonds.